The number of thioether (sulfide) groups is 1. The fraction of sp³-hybridized carbons (Fsp3) is 0.143. The number of aryl methyl sites for hydroxylation is 1. The predicted molar refractivity (Wildman–Crippen MR) is 115 cm³/mol. The van der Waals surface area contributed by atoms with Crippen molar-refractivity contribution in [3.8, 4) is 11.6 Å². The van der Waals surface area contributed by atoms with Gasteiger partial charge in [-0.1, -0.05) is 42.1 Å². The van der Waals surface area contributed by atoms with Gasteiger partial charge in [0, 0.05) is 18.0 Å². The van der Waals surface area contributed by atoms with Crippen LogP contribution in [0.5, 0.6) is 0 Å². The van der Waals surface area contributed by atoms with Crippen LogP contribution in [0.1, 0.15) is 5.82 Å². The molecule has 0 fully saturated rings. The van der Waals surface area contributed by atoms with E-state index in [2.05, 4.69) is 25.5 Å². The van der Waals surface area contributed by atoms with Crippen molar-refractivity contribution in [1.29, 1.82) is 0 Å². The van der Waals surface area contributed by atoms with Gasteiger partial charge in [0.2, 0.25) is 5.91 Å². The van der Waals surface area contributed by atoms with Gasteiger partial charge in [0.15, 0.2) is 0 Å². The molecule has 0 saturated carbocycles. The predicted octanol–water partition coefficient (Wildman–Crippen LogP) is 3.51. The number of carbonyl (C=O) groups is 1. The molecule has 30 heavy (non-hydrogen) atoms. The van der Waals surface area contributed by atoms with Crippen molar-refractivity contribution in [1.82, 2.24) is 30.0 Å². The molecular formula is C21H18N6O2S. The lowest BCUT2D eigenvalue weighted by Crippen LogP contribution is -2.25. The fourth-order valence-corrected chi connectivity index (χ4v) is 3.91. The molecule has 0 spiro atoms. The first kappa shape index (κ1) is 18.4. The number of para-hydroxylation sites is 3. The Balaban J connectivity index is 1.20. The van der Waals surface area contributed by atoms with Gasteiger partial charge in [-0.05, 0) is 24.3 Å². The number of imidazole rings is 1. The van der Waals surface area contributed by atoms with E-state index in [1.54, 1.807) is 0 Å². The van der Waals surface area contributed by atoms with Crippen LogP contribution in [0.15, 0.2) is 64.2 Å². The first-order valence-electron chi connectivity index (χ1n) is 9.39. The van der Waals surface area contributed by atoms with E-state index in [1.807, 2.05) is 66.2 Å². The Labute approximate surface area is 175 Å². The van der Waals surface area contributed by atoms with E-state index in [4.69, 9.17) is 4.42 Å². The van der Waals surface area contributed by atoms with E-state index < -0.39 is 0 Å². The Bertz CT molecular complexity index is 1320. The van der Waals surface area contributed by atoms with Crippen molar-refractivity contribution in [2.75, 3.05) is 5.75 Å². The Hall–Kier alpha value is -3.59. The van der Waals surface area contributed by atoms with E-state index in [-0.39, 0.29) is 11.7 Å². The highest BCUT2D eigenvalue weighted by Crippen LogP contribution is 2.28. The summed E-state index contributed by atoms with van der Waals surface area (Å²) < 4.78 is 7.77. The van der Waals surface area contributed by atoms with Crippen LogP contribution < -0.4 is 5.32 Å². The first-order chi connectivity index (χ1) is 14.7. The molecule has 5 rings (SSSR count). The molecule has 150 valence electrons. The van der Waals surface area contributed by atoms with Crippen molar-refractivity contribution in [2.24, 2.45) is 7.05 Å². The molecule has 2 aromatic carbocycles. The summed E-state index contributed by atoms with van der Waals surface area (Å²) in [7, 11) is 1.96. The molecule has 9 heteroatoms. The Kier molecular flexibility index (Phi) is 4.72. The summed E-state index contributed by atoms with van der Waals surface area (Å²) in [6.45, 7) is 0.332. The Morgan fingerprint density at radius 2 is 2.00 bits per heavy atom. The second kappa shape index (κ2) is 7.68. The largest absolute Gasteiger partial charge is 0.410 e. The first-order valence-corrected chi connectivity index (χ1v) is 10.4. The van der Waals surface area contributed by atoms with Gasteiger partial charge >= 0.3 is 0 Å². The second-order valence-electron chi connectivity index (χ2n) is 6.79. The number of amides is 1. The standard InChI is InChI=1S/C21H18N6O2S/c1-27-16-9-5-2-6-13(16)10-17(27)20-25-26-21(29-20)30-12-19(28)22-11-18-23-14-7-3-4-8-15(14)24-18/h2-10H,11-12H2,1H3,(H,22,28)(H,23,24). The van der Waals surface area contributed by atoms with Crippen LogP contribution in [0.4, 0.5) is 0 Å². The number of hydrogen-bond acceptors (Lipinski definition) is 6. The second-order valence-corrected chi connectivity index (χ2v) is 7.71. The van der Waals surface area contributed by atoms with Gasteiger partial charge in [-0.15, -0.1) is 10.2 Å². The zero-order valence-electron chi connectivity index (χ0n) is 16.1. The van der Waals surface area contributed by atoms with Crippen LogP contribution >= 0.6 is 11.8 Å². The van der Waals surface area contributed by atoms with Gasteiger partial charge in [0.05, 0.1) is 23.3 Å². The molecule has 1 amide bonds. The van der Waals surface area contributed by atoms with Gasteiger partial charge in [-0.25, -0.2) is 4.98 Å². The highest BCUT2D eigenvalue weighted by atomic mass is 32.2. The van der Waals surface area contributed by atoms with Crippen molar-refractivity contribution < 1.29 is 9.21 Å². The number of hydrogen-bond donors (Lipinski definition) is 2. The van der Waals surface area contributed by atoms with Crippen LogP contribution in [0.2, 0.25) is 0 Å². The van der Waals surface area contributed by atoms with E-state index in [0.29, 0.717) is 23.5 Å². The monoisotopic (exact) mass is 418 g/mol. The highest BCUT2D eigenvalue weighted by molar-refractivity contribution is 7.99. The molecule has 0 saturated heterocycles. The van der Waals surface area contributed by atoms with Crippen molar-refractivity contribution in [2.45, 2.75) is 11.8 Å². The Morgan fingerprint density at radius 1 is 1.17 bits per heavy atom. The minimum atomic E-state index is -0.134. The molecule has 0 aliphatic heterocycles. The number of nitrogens with zero attached hydrogens (tertiary/aromatic N) is 4. The quantitative estimate of drug-likeness (QED) is 0.409. The third kappa shape index (κ3) is 3.55. The van der Waals surface area contributed by atoms with Crippen LogP contribution in [0.3, 0.4) is 0 Å². The molecule has 3 heterocycles. The van der Waals surface area contributed by atoms with Crippen molar-refractivity contribution in [3.05, 3.63) is 60.4 Å². The topological polar surface area (TPSA) is 102 Å². The number of carbonyl (C=O) groups excluding carboxylic acids is 1. The maximum Gasteiger partial charge on any atom is 0.277 e. The summed E-state index contributed by atoms with van der Waals surface area (Å²) in [4.78, 5) is 19.8. The number of H-pyrrole nitrogens is 1. The highest BCUT2D eigenvalue weighted by Gasteiger charge is 2.15. The minimum Gasteiger partial charge on any atom is -0.410 e. The summed E-state index contributed by atoms with van der Waals surface area (Å²) in [6.07, 6.45) is 0. The van der Waals surface area contributed by atoms with Gasteiger partial charge in [-0.2, -0.15) is 0 Å². The van der Waals surface area contributed by atoms with Crippen LogP contribution in [0.25, 0.3) is 33.5 Å². The molecule has 8 nitrogen and oxygen atoms in total. The number of aromatic nitrogens is 5. The van der Waals surface area contributed by atoms with Gasteiger partial charge < -0.3 is 19.3 Å². The third-order valence-electron chi connectivity index (χ3n) is 4.80. The molecule has 2 N–H and O–H groups in total. The van der Waals surface area contributed by atoms with E-state index in [0.717, 1.165) is 27.6 Å². The number of benzene rings is 2. The maximum absolute atomic E-state index is 12.2. The van der Waals surface area contributed by atoms with Crippen LogP contribution in [0, 0.1) is 0 Å². The van der Waals surface area contributed by atoms with Gasteiger partial charge in [0.1, 0.15) is 11.5 Å². The lowest BCUT2D eigenvalue weighted by atomic mass is 10.2. The average molecular weight is 418 g/mol. The zero-order chi connectivity index (χ0) is 20.5. The molecule has 0 aliphatic carbocycles. The molecule has 0 unspecified atom stereocenters. The number of rotatable bonds is 6. The van der Waals surface area contributed by atoms with Crippen LogP contribution in [-0.2, 0) is 18.4 Å². The summed E-state index contributed by atoms with van der Waals surface area (Å²) in [5.41, 5.74) is 3.75. The lowest BCUT2D eigenvalue weighted by Gasteiger charge is -2.01. The number of aromatic amines is 1. The lowest BCUT2D eigenvalue weighted by molar-refractivity contribution is -0.118. The molecule has 0 radical (unpaired) electrons. The summed E-state index contributed by atoms with van der Waals surface area (Å²) >= 11 is 1.20. The minimum absolute atomic E-state index is 0.134. The molecule has 5 aromatic rings. The molecule has 0 atom stereocenters. The summed E-state index contributed by atoms with van der Waals surface area (Å²) in [5.74, 6) is 1.19. The van der Waals surface area contributed by atoms with E-state index >= 15 is 0 Å². The van der Waals surface area contributed by atoms with E-state index in [1.165, 1.54) is 11.8 Å². The van der Waals surface area contributed by atoms with E-state index in [9.17, 15) is 4.79 Å². The molecule has 3 aromatic heterocycles. The smallest absolute Gasteiger partial charge is 0.277 e. The fourth-order valence-electron chi connectivity index (χ4n) is 3.32. The number of nitrogens with one attached hydrogen (secondary N) is 2. The van der Waals surface area contributed by atoms with Crippen LogP contribution in [-0.4, -0.2) is 36.4 Å². The van der Waals surface area contributed by atoms with Gasteiger partial charge in [-0.3, -0.25) is 4.79 Å². The maximum atomic E-state index is 12.2. The number of fused-ring (bicyclic) bond motifs is 2. The zero-order valence-corrected chi connectivity index (χ0v) is 16.9. The summed E-state index contributed by atoms with van der Waals surface area (Å²) in [5, 5.41) is 12.5. The van der Waals surface area contributed by atoms with Gasteiger partial charge in [0.25, 0.3) is 11.1 Å². The molecular weight excluding hydrogens is 400 g/mol. The van der Waals surface area contributed by atoms with Crippen molar-refractivity contribution >= 4 is 39.6 Å². The average Bonchev–Trinajstić information content (AvgIpc) is 3.48. The Morgan fingerprint density at radius 3 is 2.87 bits per heavy atom. The normalized spacial score (nSPS) is 11.4. The SMILES string of the molecule is Cn1c(-c2nnc(SCC(=O)NCc3nc4ccccc4[nH]3)o2)cc2ccccc21. The summed E-state index contributed by atoms with van der Waals surface area (Å²) in [6, 6.07) is 17.8. The third-order valence-corrected chi connectivity index (χ3v) is 5.61. The molecule has 0 aliphatic rings. The van der Waals surface area contributed by atoms with Crippen molar-refractivity contribution in [3.63, 3.8) is 0 Å². The molecule has 0 bridgehead atoms.